The summed E-state index contributed by atoms with van der Waals surface area (Å²) in [7, 11) is 0. The fraction of sp³-hybridized carbons (Fsp3) is 0.259. The first-order valence-corrected chi connectivity index (χ1v) is 11.3. The lowest BCUT2D eigenvalue weighted by Crippen LogP contribution is -2.45. The Bertz CT molecular complexity index is 1180. The van der Waals surface area contributed by atoms with Crippen molar-refractivity contribution in [3.8, 4) is 11.3 Å². The lowest BCUT2D eigenvalue weighted by molar-refractivity contribution is -0.122. The number of amides is 1. The van der Waals surface area contributed by atoms with Gasteiger partial charge in [-0.1, -0.05) is 78.9 Å². The van der Waals surface area contributed by atoms with Crippen molar-refractivity contribution >= 4 is 16.8 Å². The lowest BCUT2D eigenvalue weighted by Gasteiger charge is -2.32. The Morgan fingerprint density at radius 2 is 1.53 bits per heavy atom. The van der Waals surface area contributed by atoms with Crippen LogP contribution in [0.2, 0.25) is 0 Å². The quantitative estimate of drug-likeness (QED) is 0.496. The molecule has 1 N–H and O–H groups in total. The average Bonchev–Trinajstić information content (AvgIpc) is 3.20. The van der Waals surface area contributed by atoms with Gasteiger partial charge < -0.3 is 5.32 Å². The highest BCUT2D eigenvalue weighted by atomic mass is 16.2. The molecule has 1 fully saturated rings. The van der Waals surface area contributed by atoms with Gasteiger partial charge >= 0.3 is 0 Å². The van der Waals surface area contributed by atoms with Gasteiger partial charge in [0.05, 0.1) is 5.52 Å². The third-order valence-electron chi connectivity index (χ3n) is 6.20. The molecular weight excluding hydrogens is 396 g/mol. The van der Waals surface area contributed by atoms with Gasteiger partial charge in [0.15, 0.2) is 0 Å². The highest BCUT2D eigenvalue weighted by Crippen LogP contribution is 2.27. The Labute approximate surface area is 188 Å². The van der Waals surface area contributed by atoms with Gasteiger partial charge in [-0.05, 0) is 24.5 Å². The van der Waals surface area contributed by atoms with Crippen molar-refractivity contribution in [1.82, 2.24) is 20.0 Å². The molecule has 1 amide bonds. The van der Waals surface area contributed by atoms with Crippen molar-refractivity contribution in [2.24, 2.45) is 0 Å². The van der Waals surface area contributed by atoms with Crippen LogP contribution in [-0.2, 0) is 17.9 Å². The van der Waals surface area contributed by atoms with E-state index < -0.39 is 0 Å². The van der Waals surface area contributed by atoms with Crippen LogP contribution in [0.1, 0.15) is 18.4 Å². The molecule has 0 saturated carbocycles. The molecule has 1 aromatic heterocycles. The third kappa shape index (κ3) is 4.58. The predicted molar refractivity (Wildman–Crippen MR) is 128 cm³/mol. The maximum atomic E-state index is 12.9. The largest absolute Gasteiger partial charge is 0.352 e. The fourth-order valence-electron chi connectivity index (χ4n) is 4.54. The molecule has 32 heavy (non-hydrogen) atoms. The highest BCUT2D eigenvalue weighted by molar-refractivity contribution is 5.94. The zero-order valence-corrected chi connectivity index (χ0v) is 18.2. The monoisotopic (exact) mass is 424 g/mol. The van der Waals surface area contributed by atoms with Gasteiger partial charge in [-0.15, -0.1) is 0 Å². The Kier molecular flexibility index (Phi) is 5.99. The number of benzene rings is 3. The van der Waals surface area contributed by atoms with Crippen LogP contribution in [0.25, 0.3) is 22.2 Å². The van der Waals surface area contributed by atoms with E-state index in [1.54, 1.807) is 0 Å². The van der Waals surface area contributed by atoms with Crippen LogP contribution in [0.4, 0.5) is 0 Å². The van der Waals surface area contributed by atoms with Crippen LogP contribution in [0.3, 0.4) is 0 Å². The van der Waals surface area contributed by atoms with Gasteiger partial charge in [-0.3, -0.25) is 14.4 Å². The number of carbonyl (C=O) groups excluding carboxylic acids is 1. The maximum absolute atomic E-state index is 12.9. The number of aromatic nitrogens is 2. The number of piperidine rings is 1. The number of hydrogen-bond acceptors (Lipinski definition) is 3. The van der Waals surface area contributed by atoms with Crippen LogP contribution in [0.5, 0.6) is 0 Å². The van der Waals surface area contributed by atoms with Gasteiger partial charge in [-0.2, -0.15) is 5.10 Å². The molecule has 162 valence electrons. The number of hydrogen-bond donors (Lipinski definition) is 1. The molecule has 0 atom stereocenters. The van der Waals surface area contributed by atoms with Crippen molar-refractivity contribution in [1.29, 1.82) is 0 Å². The SMILES string of the molecule is O=C(Cn1nc(-c2ccccc2)c2ccccc21)NC1CCN(Cc2ccccc2)CC1. The van der Waals surface area contributed by atoms with E-state index in [-0.39, 0.29) is 18.5 Å². The number of likely N-dealkylation sites (tertiary alicyclic amines) is 1. The van der Waals surface area contributed by atoms with Crippen molar-refractivity contribution < 1.29 is 4.79 Å². The topological polar surface area (TPSA) is 50.2 Å². The first-order chi connectivity index (χ1) is 15.8. The van der Waals surface area contributed by atoms with Crippen molar-refractivity contribution in [3.63, 3.8) is 0 Å². The molecule has 4 aromatic rings. The Hall–Kier alpha value is -3.44. The molecular formula is C27H28N4O. The molecule has 0 unspecified atom stereocenters. The molecule has 5 rings (SSSR count). The van der Waals surface area contributed by atoms with Crippen molar-refractivity contribution in [2.75, 3.05) is 13.1 Å². The zero-order chi connectivity index (χ0) is 21.8. The number of nitrogens with one attached hydrogen (secondary N) is 1. The van der Waals surface area contributed by atoms with E-state index in [4.69, 9.17) is 5.10 Å². The van der Waals surface area contributed by atoms with Gasteiger partial charge in [0.25, 0.3) is 0 Å². The van der Waals surface area contributed by atoms with Crippen molar-refractivity contribution in [2.45, 2.75) is 32.0 Å². The number of carbonyl (C=O) groups is 1. The molecule has 0 spiro atoms. The minimum absolute atomic E-state index is 0.0272. The maximum Gasteiger partial charge on any atom is 0.241 e. The van der Waals surface area contributed by atoms with E-state index in [0.717, 1.165) is 54.6 Å². The predicted octanol–water partition coefficient (Wildman–Crippen LogP) is 4.48. The summed E-state index contributed by atoms with van der Waals surface area (Å²) in [4.78, 5) is 15.3. The molecule has 0 aliphatic carbocycles. The van der Waals surface area contributed by atoms with E-state index >= 15 is 0 Å². The summed E-state index contributed by atoms with van der Waals surface area (Å²) in [5, 5.41) is 9.11. The van der Waals surface area contributed by atoms with E-state index in [0.29, 0.717) is 0 Å². The Morgan fingerprint density at radius 3 is 2.28 bits per heavy atom. The number of rotatable bonds is 6. The summed E-state index contributed by atoms with van der Waals surface area (Å²) in [6.45, 7) is 3.21. The van der Waals surface area contributed by atoms with E-state index in [1.165, 1.54) is 5.56 Å². The first kappa shape index (κ1) is 20.5. The van der Waals surface area contributed by atoms with Gasteiger partial charge in [0.2, 0.25) is 5.91 Å². The zero-order valence-electron chi connectivity index (χ0n) is 18.2. The minimum atomic E-state index is 0.0272. The van der Waals surface area contributed by atoms with Crippen molar-refractivity contribution in [3.05, 3.63) is 90.5 Å². The van der Waals surface area contributed by atoms with Crippen LogP contribution in [0.15, 0.2) is 84.9 Å². The summed E-state index contributed by atoms with van der Waals surface area (Å²) in [6, 6.07) is 29.1. The van der Waals surface area contributed by atoms with Crippen LogP contribution < -0.4 is 5.32 Å². The smallest absolute Gasteiger partial charge is 0.241 e. The first-order valence-electron chi connectivity index (χ1n) is 11.3. The summed E-state index contributed by atoms with van der Waals surface area (Å²) in [5.74, 6) is 0.0272. The van der Waals surface area contributed by atoms with Gasteiger partial charge in [0, 0.05) is 36.6 Å². The van der Waals surface area contributed by atoms with Gasteiger partial charge in [-0.25, -0.2) is 0 Å². The summed E-state index contributed by atoms with van der Waals surface area (Å²) in [6.07, 6.45) is 1.96. The van der Waals surface area contributed by atoms with Crippen LogP contribution in [-0.4, -0.2) is 39.7 Å². The second-order valence-electron chi connectivity index (χ2n) is 8.49. The van der Waals surface area contributed by atoms with Crippen LogP contribution >= 0.6 is 0 Å². The fourth-order valence-corrected chi connectivity index (χ4v) is 4.54. The average molecular weight is 425 g/mol. The summed E-state index contributed by atoms with van der Waals surface area (Å²) >= 11 is 0. The molecule has 3 aromatic carbocycles. The molecule has 0 bridgehead atoms. The minimum Gasteiger partial charge on any atom is -0.352 e. The summed E-state index contributed by atoms with van der Waals surface area (Å²) in [5.41, 5.74) is 4.31. The molecule has 5 heteroatoms. The normalized spacial score (nSPS) is 15.1. The molecule has 1 aliphatic heterocycles. The number of fused-ring (bicyclic) bond motifs is 1. The standard InChI is InChI=1S/C27H28N4O/c32-26(28-23-15-17-30(18-16-23)19-21-9-3-1-4-10-21)20-31-25-14-8-7-13-24(25)27(29-31)22-11-5-2-6-12-22/h1-14,23H,15-20H2,(H,28,32). The molecule has 1 aliphatic rings. The lowest BCUT2D eigenvalue weighted by atomic mass is 10.0. The second kappa shape index (κ2) is 9.37. The number of nitrogens with zero attached hydrogens (tertiary/aromatic N) is 3. The highest BCUT2D eigenvalue weighted by Gasteiger charge is 2.21. The molecule has 0 radical (unpaired) electrons. The van der Waals surface area contributed by atoms with E-state index in [1.807, 2.05) is 41.1 Å². The Morgan fingerprint density at radius 1 is 0.875 bits per heavy atom. The van der Waals surface area contributed by atoms with Gasteiger partial charge in [0.1, 0.15) is 12.2 Å². The van der Waals surface area contributed by atoms with E-state index in [2.05, 4.69) is 58.7 Å². The summed E-state index contributed by atoms with van der Waals surface area (Å²) < 4.78 is 1.83. The third-order valence-corrected chi connectivity index (χ3v) is 6.20. The Balaban J connectivity index is 1.22. The molecule has 2 heterocycles. The second-order valence-corrected chi connectivity index (χ2v) is 8.49. The molecule has 1 saturated heterocycles. The van der Waals surface area contributed by atoms with Crippen LogP contribution in [0, 0.1) is 0 Å². The molecule has 5 nitrogen and oxygen atoms in total. The van der Waals surface area contributed by atoms with E-state index in [9.17, 15) is 4.79 Å². The number of para-hydroxylation sites is 1.